The molecule has 4 nitrogen and oxygen atoms in total. The maximum atomic E-state index is 13.1. The lowest BCUT2D eigenvalue weighted by Gasteiger charge is -2.19. The zero-order chi connectivity index (χ0) is 20.0. The summed E-state index contributed by atoms with van der Waals surface area (Å²) in [4.78, 5) is 16.4. The maximum absolute atomic E-state index is 13.1. The Hall–Kier alpha value is -2.34. The van der Waals surface area contributed by atoms with Crippen molar-refractivity contribution in [3.8, 4) is 11.3 Å². The number of benzene rings is 2. The molecule has 2 aromatic carbocycles. The molecule has 142 valence electrons. The van der Waals surface area contributed by atoms with Crippen LogP contribution in [-0.2, 0) is 7.05 Å². The maximum Gasteiger partial charge on any atom is 0.268 e. The van der Waals surface area contributed by atoms with Crippen molar-refractivity contribution in [3.05, 3.63) is 69.0 Å². The fourth-order valence-electron chi connectivity index (χ4n) is 3.19. The Balaban J connectivity index is 1.75. The standard InChI is InChI=1S/C21H17Cl2N3OS/c1-12-4-7-15(23)10-17(12)25(2)20(27)18-11-16-19(24-26(3)21(16)28-18)13-5-8-14(22)9-6-13/h4-11H,1-3H3. The molecule has 0 fully saturated rings. The number of halogens is 2. The molecule has 0 aliphatic rings. The second kappa shape index (κ2) is 7.24. The van der Waals surface area contributed by atoms with Crippen molar-refractivity contribution in [2.24, 2.45) is 7.05 Å². The number of hydrogen-bond donors (Lipinski definition) is 0. The Morgan fingerprint density at radius 1 is 1.07 bits per heavy atom. The number of aromatic nitrogens is 2. The van der Waals surface area contributed by atoms with Crippen LogP contribution in [0.25, 0.3) is 21.5 Å². The van der Waals surface area contributed by atoms with E-state index in [4.69, 9.17) is 23.2 Å². The summed E-state index contributed by atoms with van der Waals surface area (Å²) in [5, 5.41) is 6.85. The Bertz CT molecular complexity index is 1190. The lowest BCUT2D eigenvalue weighted by atomic mass is 10.1. The summed E-state index contributed by atoms with van der Waals surface area (Å²) in [5.74, 6) is -0.0753. The molecule has 2 aromatic heterocycles. The number of fused-ring (bicyclic) bond motifs is 1. The summed E-state index contributed by atoms with van der Waals surface area (Å²) < 4.78 is 1.81. The molecule has 2 heterocycles. The third-order valence-electron chi connectivity index (χ3n) is 4.68. The van der Waals surface area contributed by atoms with Crippen molar-refractivity contribution in [2.45, 2.75) is 6.92 Å². The zero-order valence-corrected chi connectivity index (χ0v) is 17.9. The molecule has 0 aliphatic carbocycles. The van der Waals surface area contributed by atoms with Gasteiger partial charge in [0.05, 0.1) is 4.88 Å². The van der Waals surface area contributed by atoms with Crippen LogP contribution in [0, 0.1) is 6.92 Å². The van der Waals surface area contributed by atoms with Gasteiger partial charge in [0.25, 0.3) is 5.91 Å². The molecule has 4 rings (SSSR count). The van der Waals surface area contributed by atoms with Crippen LogP contribution in [0.5, 0.6) is 0 Å². The first-order valence-corrected chi connectivity index (χ1v) is 10.2. The van der Waals surface area contributed by atoms with E-state index in [1.807, 2.05) is 67.2 Å². The monoisotopic (exact) mass is 429 g/mol. The molecular formula is C21H17Cl2N3OS. The van der Waals surface area contributed by atoms with Crippen LogP contribution in [-0.4, -0.2) is 22.7 Å². The van der Waals surface area contributed by atoms with Crippen molar-refractivity contribution >= 4 is 56.3 Å². The average Bonchev–Trinajstić information content (AvgIpc) is 3.24. The number of carbonyl (C=O) groups excluding carboxylic acids is 1. The highest BCUT2D eigenvalue weighted by molar-refractivity contribution is 7.20. The van der Waals surface area contributed by atoms with Crippen LogP contribution in [0.2, 0.25) is 10.0 Å². The molecule has 0 N–H and O–H groups in total. The first kappa shape index (κ1) is 19.0. The van der Waals surface area contributed by atoms with E-state index in [0.717, 1.165) is 32.7 Å². The quantitative estimate of drug-likeness (QED) is 0.389. The highest BCUT2D eigenvalue weighted by Crippen LogP contribution is 2.35. The van der Waals surface area contributed by atoms with Gasteiger partial charge in [-0.3, -0.25) is 9.48 Å². The number of carbonyl (C=O) groups is 1. The van der Waals surface area contributed by atoms with Gasteiger partial charge in [0.2, 0.25) is 0 Å². The predicted molar refractivity (Wildman–Crippen MR) is 118 cm³/mol. The van der Waals surface area contributed by atoms with Crippen molar-refractivity contribution in [3.63, 3.8) is 0 Å². The van der Waals surface area contributed by atoms with E-state index in [9.17, 15) is 4.79 Å². The van der Waals surface area contributed by atoms with E-state index in [0.29, 0.717) is 14.9 Å². The first-order chi connectivity index (χ1) is 13.3. The van der Waals surface area contributed by atoms with Crippen molar-refractivity contribution in [1.82, 2.24) is 9.78 Å². The van der Waals surface area contributed by atoms with Crippen LogP contribution in [0.15, 0.2) is 48.5 Å². The van der Waals surface area contributed by atoms with Crippen LogP contribution in [0.4, 0.5) is 5.69 Å². The Morgan fingerprint density at radius 2 is 1.75 bits per heavy atom. The van der Waals surface area contributed by atoms with Gasteiger partial charge in [0.15, 0.2) is 0 Å². The van der Waals surface area contributed by atoms with Crippen molar-refractivity contribution < 1.29 is 4.79 Å². The highest BCUT2D eigenvalue weighted by atomic mass is 35.5. The fourth-order valence-corrected chi connectivity index (χ4v) is 4.53. The molecule has 0 radical (unpaired) electrons. The molecule has 0 saturated carbocycles. The van der Waals surface area contributed by atoms with Gasteiger partial charge in [-0.15, -0.1) is 11.3 Å². The molecule has 0 atom stereocenters. The molecular weight excluding hydrogens is 413 g/mol. The third-order valence-corrected chi connectivity index (χ3v) is 6.35. The summed E-state index contributed by atoms with van der Waals surface area (Å²) in [6, 6.07) is 15.0. The minimum absolute atomic E-state index is 0.0753. The zero-order valence-electron chi connectivity index (χ0n) is 15.5. The topological polar surface area (TPSA) is 38.1 Å². The lowest BCUT2D eigenvalue weighted by molar-refractivity contribution is 0.0997. The van der Waals surface area contributed by atoms with Gasteiger partial charge >= 0.3 is 0 Å². The molecule has 1 amide bonds. The smallest absolute Gasteiger partial charge is 0.268 e. The van der Waals surface area contributed by atoms with Gasteiger partial charge in [0, 0.05) is 40.8 Å². The van der Waals surface area contributed by atoms with Gasteiger partial charge in [0.1, 0.15) is 10.5 Å². The van der Waals surface area contributed by atoms with E-state index in [1.54, 1.807) is 11.9 Å². The molecule has 0 unspecified atom stereocenters. The predicted octanol–water partition coefficient (Wildman–Crippen LogP) is 6.19. The van der Waals surface area contributed by atoms with Gasteiger partial charge in [-0.25, -0.2) is 0 Å². The van der Waals surface area contributed by atoms with Gasteiger partial charge in [-0.1, -0.05) is 41.4 Å². The number of amides is 1. The second-order valence-corrected chi connectivity index (χ2v) is 8.51. The number of aryl methyl sites for hydroxylation is 2. The second-order valence-electron chi connectivity index (χ2n) is 6.60. The van der Waals surface area contributed by atoms with Gasteiger partial charge in [-0.2, -0.15) is 5.10 Å². The minimum Gasteiger partial charge on any atom is -0.310 e. The van der Waals surface area contributed by atoms with Gasteiger partial charge < -0.3 is 4.90 Å². The first-order valence-electron chi connectivity index (χ1n) is 8.62. The summed E-state index contributed by atoms with van der Waals surface area (Å²) >= 11 is 13.6. The Morgan fingerprint density at radius 3 is 2.46 bits per heavy atom. The normalized spacial score (nSPS) is 11.2. The molecule has 0 saturated heterocycles. The van der Waals surface area contributed by atoms with Crippen LogP contribution >= 0.6 is 34.5 Å². The van der Waals surface area contributed by atoms with E-state index >= 15 is 0 Å². The molecule has 0 bridgehead atoms. The number of hydrogen-bond acceptors (Lipinski definition) is 3. The number of rotatable bonds is 3. The van der Waals surface area contributed by atoms with Crippen LogP contribution in [0.3, 0.4) is 0 Å². The van der Waals surface area contributed by atoms with E-state index in [-0.39, 0.29) is 5.91 Å². The Labute approximate surface area is 176 Å². The number of nitrogens with zero attached hydrogens (tertiary/aromatic N) is 3. The van der Waals surface area contributed by atoms with E-state index in [2.05, 4.69) is 5.10 Å². The van der Waals surface area contributed by atoms with Crippen molar-refractivity contribution in [2.75, 3.05) is 11.9 Å². The number of anilines is 1. The lowest BCUT2D eigenvalue weighted by Crippen LogP contribution is -2.26. The van der Waals surface area contributed by atoms with E-state index in [1.165, 1.54) is 11.3 Å². The summed E-state index contributed by atoms with van der Waals surface area (Å²) in [7, 11) is 3.65. The third kappa shape index (κ3) is 3.30. The molecule has 0 aliphatic heterocycles. The van der Waals surface area contributed by atoms with Crippen molar-refractivity contribution in [1.29, 1.82) is 0 Å². The number of thiophene rings is 1. The highest BCUT2D eigenvalue weighted by Gasteiger charge is 2.21. The molecule has 7 heteroatoms. The summed E-state index contributed by atoms with van der Waals surface area (Å²) in [6.07, 6.45) is 0. The van der Waals surface area contributed by atoms with Crippen LogP contribution < -0.4 is 4.90 Å². The van der Waals surface area contributed by atoms with E-state index < -0.39 is 0 Å². The molecule has 28 heavy (non-hydrogen) atoms. The largest absolute Gasteiger partial charge is 0.310 e. The minimum atomic E-state index is -0.0753. The SMILES string of the molecule is Cc1ccc(Cl)cc1N(C)C(=O)c1cc2c(-c3ccc(Cl)cc3)nn(C)c2s1. The Kier molecular flexibility index (Phi) is 4.91. The van der Waals surface area contributed by atoms with Crippen LogP contribution in [0.1, 0.15) is 15.2 Å². The average molecular weight is 430 g/mol. The summed E-state index contributed by atoms with van der Waals surface area (Å²) in [6.45, 7) is 1.96. The summed E-state index contributed by atoms with van der Waals surface area (Å²) in [5.41, 5.74) is 3.59. The molecule has 0 spiro atoms. The fraction of sp³-hybridized carbons (Fsp3) is 0.143. The van der Waals surface area contributed by atoms with Gasteiger partial charge in [-0.05, 0) is 42.8 Å². The molecule has 4 aromatic rings.